The first-order valence-corrected chi connectivity index (χ1v) is 8.32. The molecule has 2 saturated carbocycles. The van der Waals surface area contributed by atoms with Crippen LogP contribution >= 0.6 is 0 Å². The molecule has 0 aromatic carbocycles. The van der Waals surface area contributed by atoms with Crippen LogP contribution in [0, 0.1) is 17.8 Å². The number of amides is 1. The highest BCUT2D eigenvalue weighted by atomic mass is 16.2. The van der Waals surface area contributed by atoms with Crippen molar-refractivity contribution in [2.75, 3.05) is 33.7 Å². The van der Waals surface area contributed by atoms with E-state index in [0.29, 0.717) is 0 Å². The van der Waals surface area contributed by atoms with E-state index < -0.39 is 0 Å². The summed E-state index contributed by atoms with van der Waals surface area (Å²) < 4.78 is 0. The number of carbonyl (C=O) groups excluding carboxylic acids is 1. The van der Waals surface area contributed by atoms with Crippen molar-refractivity contribution in [3.63, 3.8) is 0 Å². The lowest BCUT2D eigenvalue weighted by atomic mass is 9.86. The first kappa shape index (κ1) is 16.1. The molecule has 0 aromatic rings. The van der Waals surface area contributed by atoms with Gasteiger partial charge in [-0.05, 0) is 50.4 Å². The molecule has 2 rings (SSSR count). The Kier molecular flexibility index (Phi) is 5.88. The molecule has 120 valence electrons. The first-order valence-electron chi connectivity index (χ1n) is 8.32. The topological polar surface area (TPSA) is 56.7 Å². The maximum absolute atomic E-state index is 11.6. The molecule has 21 heavy (non-hydrogen) atoms. The number of aliphatic imine (C=N–C) groups is 1. The van der Waals surface area contributed by atoms with Crippen LogP contribution in [0.1, 0.15) is 39.0 Å². The zero-order valence-corrected chi connectivity index (χ0v) is 13.7. The molecular weight excluding hydrogens is 264 g/mol. The molecule has 0 radical (unpaired) electrons. The van der Waals surface area contributed by atoms with Gasteiger partial charge in [-0.2, -0.15) is 0 Å². The largest absolute Gasteiger partial charge is 0.357 e. The second-order valence-corrected chi connectivity index (χ2v) is 6.63. The zero-order chi connectivity index (χ0) is 15.2. The quantitative estimate of drug-likeness (QED) is 0.576. The summed E-state index contributed by atoms with van der Waals surface area (Å²) in [5, 5.41) is 6.57. The Bertz CT molecular complexity index is 380. The number of rotatable bonds is 6. The third kappa shape index (κ3) is 4.61. The van der Waals surface area contributed by atoms with Crippen LogP contribution < -0.4 is 10.6 Å². The van der Waals surface area contributed by atoms with Gasteiger partial charge >= 0.3 is 0 Å². The van der Waals surface area contributed by atoms with Gasteiger partial charge in [-0.3, -0.25) is 4.79 Å². The Morgan fingerprint density at radius 2 is 2.05 bits per heavy atom. The molecule has 1 amide bonds. The van der Waals surface area contributed by atoms with Gasteiger partial charge in [0.2, 0.25) is 5.91 Å². The molecule has 2 aliphatic rings. The number of likely N-dealkylation sites (N-methyl/N-ethyl adjacent to an activating group) is 1. The molecule has 0 spiro atoms. The third-order valence-electron chi connectivity index (χ3n) is 4.91. The predicted octanol–water partition coefficient (Wildman–Crippen LogP) is 1.46. The maximum Gasteiger partial charge on any atom is 0.243 e. The summed E-state index contributed by atoms with van der Waals surface area (Å²) in [5.74, 6) is 3.69. The molecule has 3 unspecified atom stereocenters. The second-order valence-electron chi connectivity index (χ2n) is 6.63. The predicted molar refractivity (Wildman–Crippen MR) is 86.2 cm³/mol. The Morgan fingerprint density at radius 3 is 2.62 bits per heavy atom. The van der Waals surface area contributed by atoms with Crippen LogP contribution in [0.25, 0.3) is 0 Å². The fourth-order valence-electron chi connectivity index (χ4n) is 3.74. The van der Waals surface area contributed by atoms with Crippen molar-refractivity contribution in [3.05, 3.63) is 0 Å². The summed E-state index contributed by atoms with van der Waals surface area (Å²) in [5.41, 5.74) is 0. The minimum atomic E-state index is 0.0281. The fourth-order valence-corrected chi connectivity index (χ4v) is 3.74. The SMILES string of the molecule is CCNC(=NCC(=O)N(C)C)NCCC1CC2CCC1C2. The van der Waals surface area contributed by atoms with Gasteiger partial charge in [0.25, 0.3) is 0 Å². The molecule has 5 heteroatoms. The lowest BCUT2D eigenvalue weighted by molar-refractivity contribution is -0.127. The van der Waals surface area contributed by atoms with Crippen molar-refractivity contribution in [3.8, 4) is 0 Å². The molecule has 0 saturated heterocycles. The van der Waals surface area contributed by atoms with Crippen molar-refractivity contribution in [1.29, 1.82) is 0 Å². The van der Waals surface area contributed by atoms with Crippen molar-refractivity contribution in [1.82, 2.24) is 15.5 Å². The van der Waals surface area contributed by atoms with Crippen molar-refractivity contribution in [2.45, 2.75) is 39.0 Å². The van der Waals surface area contributed by atoms with Gasteiger partial charge in [0.05, 0.1) is 0 Å². The van der Waals surface area contributed by atoms with Crippen LogP contribution in [0.15, 0.2) is 4.99 Å². The molecule has 2 aliphatic carbocycles. The number of hydrogen-bond acceptors (Lipinski definition) is 2. The summed E-state index contributed by atoms with van der Waals surface area (Å²) in [4.78, 5) is 17.5. The van der Waals surface area contributed by atoms with Crippen LogP contribution in [0.3, 0.4) is 0 Å². The van der Waals surface area contributed by atoms with E-state index in [4.69, 9.17) is 0 Å². The molecular formula is C16H30N4O. The lowest BCUT2D eigenvalue weighted by Crippen LogP contribution is -2.39. The molecule has 5 nitrogen and oxygen atoms in total. The van der Waals surface area contributed by atoms with Gasteiger partial charge in [0, 0.05) is 27.2 Å². The van der Waals surface area contributed by atoms with Crippen molar-refractivity contribution >= 4 is 11.9 Å². The maximum atomic E-state index is 11.6. The standard InChI is InChI=1S/C16H30N4O/c1-4-17-16(19-11-15(21)20(2)3)18-8-7-14-10-12-5-6-13(14)9-12/h12-14H,4-11H2,1-3H3,(H2,17,18,19). The van der Waals surface area contributed by atoms with E-state index in [1.807, 2.05) is 6.92 Å². The fraction of sp³-hybridized carbons (Fsp3) is 0.875. The molecule has 0 heterocycles. The first-order chi connectivity index (χ1) is 10.1. The van der Waals surface area contributed by atoms with Crippen LogP contribution in [-0.4, -0.2) is 50.5 Å². The van der Waals surface area contributed by atoms with Gasteiger partial charge in [0.1, 0.15) is 6.54 Å². The van der Waals surface area contributed by atoms with Gasteiger partial charge < -0.3 is 15.5 Å². The molecule has 0 aliphatic heterocycles. The summed E-state index contributed by atoms with van der Waals surface area (Å²) in [6.07, 6.45) is 7.04. The van der Waals surface area contributed by atoms with E-state index in [2.05, 4.69) is 15.6 Å². The number of guanidine groups is 1. The molecule has 2 N–H and O–H groups in total. The normalized spacial score (nSPS) is 27.8. The Balaban J connectivity index is 1.72. The number of carbonyl (C=O) groups is 1. The highest BCUT2D eigenvalue weighted by Gasteiger charge is 2.38. The summed E-state index contributed by atoms with van der Waals surface area (Å²) in [6.45, 7) is 4.02. The minimum Gasteiger partial charge on any atom is -0.357 e. The molecule has 0 aromatic heterocycles. The van der Waals surface area contributed by atoms with Gasteiger partial charge in [-0.1, -0.05) is 6.42 Å². The Hall–Kier alpha value is -1.26. The van der Waals surface area contributed by atoms with Crippen molar-refractivity contribution in [2.24, 2.45) is 22.7 Å². The van der Waals surface area contributed by atoms with E-state index in [1.165, 1.54) is 32.1 Å². The average molecular weight is 294 g/mol. The highest BCUT2D eigenvalue weighted by molar-refractivity contribution is 5.84. The molecule has 3 atom stereocenters. The van der Waals surface area contributed by atoms with E-state index in [9.17, 15) is 4.79 Å². The summed E-state index contributed by atoms with van der Waals surface area (Å²) >= 11 is 0. The monoisotopic (exact) mass is 294 g/mol. The van der Waals surface area contributed by atoms with E-state index >= 15 is 0 Å². The van der Waals surface area contributed by atoms with Crippen LogP contribution in [0.2, 0.25) is 0 Å². The van der Waals surface area contributed by atoms with E-state index in [-0.39, 0.29) is 12.5 Å². The Labute approximate surface area is 128 Å². The van der Waals surface area contributed by atoms with E-state index in [1.54, 1.807) is 19.0 Å². The third-order valence-corrected chi connectivity index (χ3v) is 4.91. The summed E-state index contributed by atoms with van der Waals surface area (Å²) in [6, 6.07) is 0. The highest BCUT2D eigenvalue weighted by Crippen LogP contribution is 2.49. The van der Waals surface area contributed by atoms with Gasteiger partial charge in [0.15, 0.2) is 5.96 Å². The number of nitrogens with zero attached hydrogens (tertiary/aromatic N) is 2. The number of nitrogens with one attached hydrogen (secondary N) is 2. The number of hydrogen-bond donors (Lipinski definition) is 2. The van der Waals surface area contributed by atoms with E-state index in [0.717, 1.165) is 36.8 Å². The minimum absolute atomic E-state index is 0.0281. The molecule has 2 fully saturated rings. The lowest BCUT2D eigenvalue weighted by Gasteiger charge is -2.22. The molecule has 2 bridgehead atoms. The summed E-state index contributed by atoms with van der Waals surface area (Å²) in [7, 11) is 3.51. The van der Waals surface area contributed by atoms with Gasteiger partial charge in [-0.25, -0.2) is 4.99 Å². The van der Waals surface area contributed by atoms with Crippen LogP contribution in [-0.2, 0) is 4.79 Å². The van der Waals surface area contributed by atoms with Crippen LogP contribution in [0.5, 0.6) is 0 Å². The Morgan fingerprint density at radius 1 is 1.24 bits per heavy atom. The smallest absolute Gasteiger partial charge is 0.243 e. The van der Waals surface area contributed by atoms with Gasteiger partial charge in [-0.15, -0.1) is 0 Å². The number of fused-ring (bicyclic) bond motifs is 2. The average Bonchev–Trinajstić information content (AvgIpc) is 3.06. The van der Waals surface area contributed by atoms with Crippen molar-refractivity contribution < 1.29 is 4.79 Å². The van der Waals surface area contributed by atoms with Crippen LogP contribution in [0.4, 0.5) is 0 Å². The zero-order valence-electron chi connectivity index (χ0n) is 13.7. The second kappa shape index (κ2) is 7.66.